The SMILES string of the molecule is C=CC(=O)OCCCCOc1ccc2cc(C#Cc3ccc(OC)cc3)ccc2c1. The number of benzene rings is 3. The summed E-state index contributed by atoms with van der Waals surface area (Å²) in [7, 11) is 1.65. The number of methoxy groups -OCH3 is 1. The summed E-state index contributed by atoms with van der Waals surface area (Å²) >= 11 is 0. The Hall–Kier alpha value is -3.71. The molecule has 0 atom stereocenters. The van der Waals surface area contributed by atoms with Crippen molar-refractivity contribution in [3.05, 3.63) is 84.4 Å². The number of carbonyl (C=O) groups excluding carboxylic acids is 1. The van der Waals surface area contributed by atoms with Gasteiger partial charge >= 0.3 is 5.97 Å². The number of unbranched alkanes of at least 4 members (excludes halogenated alkanes) is 1. The fourth-order valence-corrected chi connectivity index (χ4v) is 2.84. The molecule has 0 N–H and O–H groups in total. The van der Waals surface area contributed by atoms with E-state index >= 15 is 0 Å². The molecule has 0 fully saturated rings. The first-order valence-corrected chi connectivity index (χ1v) is 9.80. The van der Waals surface area contributed by atoms with Crippen molar-refractivity contribution >= 4 is 16.7 Å². The summed E-state index contributed by atoms with van der Waals surface area (Å²) in [4.78, 5) is 11.0. The average molecular weight is 400 g/mol. The van der Waals surface area contributed by atoms with Gasteiger partial charge in [-0.1, -0.05) is 30.6 Å². The van der Waals surface area contributed by atoms with Gasteiger partial charge in [0.2, 0.25) is 0 Å². The van der Waals surface area contributed by atoms with Crippen LogP contribution in [-0.4, -0.2) is 26.3 Å². The molecule has 4 nitrogen and oxygen atoms in total. The van der Waals surface area contributed by atoms with Crippen LogP contribution in [0.15, 0.2) is 73.3 Å². The lowest BCUT2D eigenvalue weighted by atomic mass is 10.1. The van der Waals surface area contributed by atoms with E-state index in [2.05, 4.69) is 30.6 Å². The second-order valence-corrected chi connectivity index (χ2v) is 6.63. The number of carbonyl (C=O) groups is 1. The van der Waals surface area contributed by atoms with Gasteiger partial charge in [0.15, 0.2) is 0 Å². The van der Waals surface area contributed by atoms with Crippen LogP contribution >= 0.6 is 0 Å². The van der Waals surface area contributed by atoms with Crippen molar-refractivity contribution in [3.63, 3.8) is 0 Å². The lowest BCUT2D eigenvalue weighted by molar-refractivity contribution is -0.137. The molecule has 152 valence electrons. The Balaban J connectivity index is 1.56. The van der Waals surface area contributed by atoms with Crippen molar-refractivity contribution < 1.29 is 19.0 Å². The highest BCUT2D eigenvalue weighted by Gasteiger charge is 2.00. The number of hydrogen-bond acceptors (Lipinski definition) is 4. The molecule has 3 aromatic carbocycles. The van der Waals surface area contributed by atoms with Gasteiger partial charge < -0.3 is 14.2 Å². The molecule has 3 aromatic rings. The summed E-state index contributed by atoms with van der Waals surface area (Å²) in [6.07, 6.45) is 2.73. The van der Waals surface area contributed by atoms with Crippen molar-refractivity contribution in [1.29, 1.82) is 0 Å². The van der Waals surface area contributed by atoms with E-state index < -0.39 is 5.97 Å². The van der Waals surface area contributed by atoms with Crippen LogP contribution in [0.25, 0.3) is 10.8 Å². The van der Waals surface area contributed by atoms with Crippen LogP contribution < -0.4 is 9.47 Å². The third-order valence-corrected chi connectivity index (χ3v) is 4.47. The fourth-order valence-electron chi connectivity index (χ4n) is 2.84. The molecule has 4 heteroatoms. The molecule has 0 aromatic heterocycles. The molecule has 0 aliphatic carbocycles. The van der Waals surface area contributed by atoms with Gasteiger partial charge in [-0.05, 0) is 72.1 Å². The summed E-state index contributed by atoms with van der Waals surface area (Å²) in [6, 6.07) is 19.8. The van der Waals surface area contributed by atoms with Crippen LogP contribution in [0.3, 0.4) is 0 Å². The van der Waals surface area contributed by atoms with Gasteiger partial charge in [0, 0.05) is 17.2 Å². The van der Waals surface area contributed by atoms with Crippen LogP contribution in [0.1, 0.15) is 24.0 Å². The second kappa shape index (κ2) is 10.7. The van der Waals surface area contributed by atoms with Crippen LogP contribution in [0, 0.1) is 11.8 Å². The van der Waals surface area contributed by atoms with E-state index in [1.54, 1.807) is 7.11 Å². The molecule has 0 saturated heterocycles. The molecule has 30 heavy (non-hydrogen) atoms. The minimum absolute atomic E-state index is 0.381. The van der Waals surface area contributed by atoms with E-state index in [4.69, 9.17) is 14.2 Å². The largest absolute Gasteiger partial charge is 0.497 e. The summed E-state index contributed by atoms with van der Waals surface area (Å²) in [6.45, 7) is 4.32. The van der Waals surface area contributed by atoms with E-state index in [0.717, 1.165) is 46.2 Å². The number of ether oxygens (including phenoxy) is 3. The van der Waals surface area contributed by atoms with Gasteiger partial charge in [-0.3, -0.25) is 0 Å². The van der Waals surface area contributed by atoms with Crippen LogP contribution in [-0.2, 0) is 9.53 Å². The highest BCUT2D eigenvalue weighted by Crippen LogP contribution is 2.22. The maximum Gasteiger partial charge on any atom is 0.330 e. The molecular weight excluding hydrogens is 376 g/mol. The first-order valence-electron chi connectivity index (χ1n) is 9.80. The third kappa shape index (κ3) is 6.15. The van der Waals surface area contributed by atoms with Crippen molar-refractivity contribution in [3.8, 4) is 23.3 Å². The van der Waals surface area contributed by atoms with Gasteiger partial charge in [-0.2, -0.15) is 0 Å². The van der Waals surface area contributed by atoms with Crippen molar-refractivity contribution in [2.24, 2.45) is 0 Å². The maximum atomic E-state index is 11.0. The van der Waals surface area contributed by atoms with Crippen molar-refractivity contribution in [2.75, 3.05) is 20.3 Å². The zero-order valence-electron chi connectivity index (χ0n) is 17.0. The number of rotatable bonds is 8. The van der Waals surface area contributed by atoms with Crippen LogP contribution in [0.2, 0.25) is 0 Å². The Labute approximate surface area is 177 Å². The Kier molecular flexibility index (Phi) is 7.51. The number of esters is 1. The number of hydrogen-bond donors (Lipinski definition) is 0. The van der Waals surface area contributed by atoms with Gasteiger partial charge in [0.1, 0.15) is 11.5 Å². The maximum absolute atomic E-state index is 11.0. The lowest BCUT2D eigenvalue weighted by Crippen LogP contribution is -2.04. The molecule has 0 aliphatic heterocycles. The summed E-state index contributed by atoms with van der Waals surface area (Å²) in [5.41, 5.74) is 1.90. The van der Waals surface area contributed by atoms with Crippen LogP contribution in [0.5, 0.6) is 11.5 Å². The summed E-state index contributed by atoms with van der Waals surface area (Å²) < 4.78 is 15.9. The van der Waals surface area contributed by atoms with E-state index in [1.807, 2.05) is 48.5 Å². The number of fused-ring (bicyclic) bond motifs is 1. The summed E-state index contributed by atoms with van der Waals surface area (Å²) in [5, 5.41) is 2.21. The smallest absolute Gasteiger partial charge is 0.330 e. The van der Waals surface area contributed by atoms with Crippen molar-refractivity contribution in [2.45, 2.75) is 12.8 Å². The van der Waals surface area contributed by atoms with E-state index in [1.165, 1.54) is 6.08 Å². The Morgan fingerprint density at radius 1 is 0.867 bits per heavy atom. The monoisotopic (exact) mass is 400 g/mol. The predicted molar refractivity (Wildman–Crippen MR) is 119 cm³/mol. The summed E-state index contributed by atoms with van der Waals surface area (Å²) in [5.74, 6) is 7.64. The molecule has 0 aliphatic rings. The van der Waals surface area contributed by atoms with E-state index in [-0.39, 0.29) is 0 Å². The topological polar surface area (TPSA) is 44.8 Å². The standard InChI is InChI=1S/C26H24O4/c1-3-26(27)30-17-5-4-16-29-25-15-12-22-18-21(8-11-23(22)19-25)7-6-20-9-13-24(28-2)14-10-20/h3,8-15,18-19H,1,4-5,16-17H2,2H3. The minimum atomic E-state index is -0.390. The Morgan fingerprint density at radius 3 is 2.27 bits per heavy atom. The zero-order chi connectivity index (χ0) is 21.2. The van der Waals surface area contributed by atoms with Gasteiger partial charge in [-0.25, -0.2) is 4.79 Å². The zero-order valence-corrected chi connectivity index (χ0v) is 17.0. The molecule has 0 bridgehead atoms. The predicted octanol–water partition coefficient (Wildman–Crippen LogP) is 5.14. The molecule has 0 radical (unpaired) electrons. The van der Waals surface area contributed by atoms with Gasteiger partial charge in [-0.15, -0.1) is 0 Å². The molecule has 0 heterocycles. The quantitative estimate of drug-likeness (QED) is 0.227. The third-order valence-electron chi connectivity index (χ3n) is 4.47. The molecule has 0 amide bonds. The highest BCUT2D eigenvalue weighted by atomic mass is 16.5. The minimum Gasteiger partial charge on any atom is -0.497 e. The molecule has 0 unspecified atom stereocenters. The van der Waals surface area contributed by atoms with E-state index in [0.29, 0.717) is 13.2 Å². The van der Waals surface area contributed by atoms with Gasteiger partial charge in [0.05, 0.1) is 20.3 Å². The Bertz CT molecular complexity index is 1070. The van der Waals surface area contributed by atoms with E-state index in [9.17, 15) is 4.79 Å². The fraction of sp³-hybridized carbons (Fsp3) is 0.192. The second-order valence-electron chi connectivity index (χ2n) is 6.63. The first-order chi connectivity index (χ1) is 14.7. The normalized spacial score (nSPS) is 10.0. The highest BCUT2D eigenvalue weighted by molar-refractivity contribution is 5.85. The molecule has 0 spiro atoms. The molecule has 0 saturated carbocycles. The average Bonchev–Trinajstić information content (AvgIpc) is 2.79. The molecule has 3 rings (SSSR count). The lowest BCUT2D eigenvalue weighted by Gasteiger charge is -2.08. The Morgan fingerprint density at radius 2 is 1.50 bits per heavy atom. The van der Waals surface area contributed by atoms with Crippen molar-refractivity contribution in [1.82, 2.24) is 0 Å². The van der Waals surface area contributed by atoms with Crippen LogP contribution in [0.4, 0.5) is 0 Å². The molecular formula is C26H24O4. The van der Waals surface area contributed by atoms with Gasteiger partial charge in [0.25, 0.3) is 0 Å². The first kappa shape index (κ1) is 21.0.